The van der Waals surface area contributed by atoms with Crippen LogP contribution in [-0.4, -0.2) is 24.3 Å². The zero-order valence-electron chi connectivity index (χ0n) is 8.24. The van der Waals surface area contributed by atoms with E-state index in [1.54, 1.807) is 12.2 Å². The number of allylic oxidation sites excluding steroid dienone is 2. The highest BCUT2D eigenvalue weighted by molar-refractivity contribution is 5.66. The van der Waals surface area contributed by atoms with E-state index in [1.807, 2.05) is 6.08 Å². The first-order valence-electron chi connectivity index (χ1n) is 4.44. The normalized spacial score (nSPS) is 11.0. The summed E-state index contributed by atoms with van der Waals surface area (Å²) in [7, 11) is 0. The molecule has 0 aliphatic carbocycles. The fourth-order valence-electron chi connectivity index (χ4n) is 0.842. The molecule has 78 valence electrons. The quantitative estimate of drug-likeness (QED) is 0.478. The molecule has 0 aromatic rings. The zero-order chi connectivity index (χ0) is 10.8. The van der Waals surface area contributed by atoms with Gasteiger partial charge in [-0.1, -0.05) is 31.4 Å². The van der Waals surface area contributed by atoms with Gasteiger partial charge in [0.1, 0.15) is 0 Å². The minimum Gasteiger partial charge on any atom is -0.481 e. The molecule has 0 aliphatic heterocycles. The van der Waals surface area contributed by atoms with Gasteiger partial charge in [-0.3, -0.25) is 4.79 Å². The first kappa shape index (κ1) is 12.7. The average Bonchev–Trinajstić information content (AvgIpc) is 2.15. The van der Waals surface area contributed by atoms with E-state index < -0.39 is 5.97 Å². The molecular weight excluding hydrogens is 180 g/mol. The highest BCUT2D eigenvalue weighted by Crippen LogP contribution is 1.98. The van der Waals surface area contributed by atoms with Crippen molar-refractivity contribution >= 4 is 5.97 Å². The summed E-state index contributed by atoms with van der Waals surface area (Å²) in [5, 5.41) is 8.36. The minimum absolute atomic E-state index is 0.147. The molecular formula is C11H16O3. The first-order valence-corrected chi connectivity index (χ1v) is 4.44. The van der Waals surface area contributed by atoms with E-state index >= 15 is 0 Å². The SMILES string of the molecule is C=C/C=C(\C=C)COCCCC(=O)O. The van der Waals surface area contributed by atoms with Gasteiger partial charge in [0.05, 0.1) is 6.61 Å². The van der Waals surface area contributed by atoms with Gasteiger partial charge >= 0.3 is 5.97 Å². The maximum absolute atomic E-state index is 10.2. The molecule has 0 heterocycles. The number of hydrogen-bond donors (Lipinski definition) is 1. The van der Waals surface area contributed by atoms with Crippen LogP contribution >= 0.6 is 0 Å². The lowest BCUT2D eigenvalue weighted by molar-refractivity contribution is -0.137. The lowest BCUT2D eigenvalue weighted by Crippen LogP contribution is -2.02. The summed E-state index contributed by atoms with van der Waals surface area (Å²) in [5.41, 5.74) is 0.940. The number of rotatable bonds is 8. The molecule has 3 heteroatoms. The number of carboxylic acids is 1. The van der Waals surface area contributed by atoms with Crippen LogP contribution in [0.1, 0.15) is 12.8 Å². The molecule has 0 saturated carbocycles. The Labute approximate surface area is 84.4 Å². The van der Waals surface area contributed by atoms with Crippen LogP contribution in [0.15, 0.2) is 37.0 Å². The average molecular weight is 196 g/mol. The standard InChI is InChI=1S/C11H16O3/c1-3-6-10(4-2)9-14-8-5-7-11(12)13/h3-4,6H,1-2,5,7-9H2,(H,12,13)/b10-6+. The molecule has 0 rings (SSSR count). The molecule has 0 aromatic heterocycles. The van der Waals surface area contributed by atoms with Crippen LogP contribution in [0.5, 0.6) is 0 Å². The van der Waals surface area contributed by atoms with E-state index in [0.29, 0.717) is 19.6 Å². The third-order valence-corrected chi connectivity index (χ3v) is 1.54. The van der Waals surface area contributed by atoms with Gasteiger partial charge in [-0.05, 0) is 12.0 Å². The predicted octanol–water partition coefficient (Wildman–Crippen LogP) is 2.17. The molecule has 0 radical (unpaired) electrons. The largest absolute Gasteiger partial charge is 0.481 e. The van der Waals surface area contributed by atoms with Crippen molar-refractivity contribution < 1.29 is 14.6 Å². The Bertz CT molecular complexity index is 229. The fraction of sp³-hybridized carbons (Fsp3) is 0.364. The van der Waals surface area contributed by atoms with Crippen molar-refractivity contribution in [2.45, 2.75) is 12.8 Å². The third-order valence-electron chi connectivity index (χ3n) is 1.54. The summed E-state index contributed by atoms with van der Waals surface area (Å²) in [6, 6.07) is 0. The Morgan fingerprint density at radius 3 is 2.64 bits per heavy atom. The number of aliphatic carboxylic acids is 1. The van der Waals surface area contributed by atoms with Crippen LogP contribution in [0, 0.1) is 0 Å². The van der Waals surface area contributed by atoms with Crippen molar-refractivity contribution in [3.63, 3.8) is 0 Å². The Kier molecular flexibility index (Phi) is 7.46. The molecule has 0 aromatic carbocycles. The molecule has 14 heavy (non-hydrogen) atoms. The Balaban J connectivity index is 3.52. The highest BCUT2D eigenvalue weighted by Gasteiger charge is 1.96. The molecule has 0 atom stereocenters. The molecule has 3 nitrogen and oxygen atoms in total. The summed E-state index contributed by atoms with van der Waals surface area (Å²) in [5.74, 6) is -0.792. The monoisotopic (exact) mass is 196 g/mol. The van der Waals surface area contributed by atoms with E-state index in [0.717, 1.165) is 5.57 Å². The van der Waals surface area contributed by atoms with Gasteiger partial charge in [-0.25, -0.2) is 0 Å². The smallest absolute Gasteiger partial charge is 0.303 e. The fourth-order valence-corrected chi connectivity index (χ4v) is 0.842. The molecule has 0 aliphatic rings. The topological polar surface area (TPSA) is 46.5 Å². The lowest BCUT2D eigenvalue weighted by Gasteiger charge is -2.02. The highest BCUT2D eigenvalue weighted by atomic mass is 16.5. The van der Waals surface area contributed by atoms with Gasteiger partial charge in [0.25, 0.3) is 0 Å². The summed E-state index contributed by atoms with van der Waals surface area (Å²) in [4.78, 5) is 10.2. The first-order chi connectivity index (χ1) is 6.70. The van der Waals surface area contributed by atoms with E-state index in [4.69, 9.17) is 9.84 Å². The minimum atomic E-state index is -0.792. The predicted molar refractivity (Wildman–Crippen MR) is 56.2 cm³/mol. The van der Waals surface area contributed by atoms with Gasteiger partial charge in [0.2, 0.25) is 0 Å². The van der Waals surface area contributed by atoms with Gasteiger partial charge in [-0.15, -0.1) is 0 Å². The second kappa shape index (κ2) is 8.26. The lowest BCUT2D eigenvalue weighted by atomic mass is 10.2. The zero-order valence-corrected chi connectivity index (χ0v) is 8.24. The maximum atomic E-state index is 10.2. The molecule has 0 saturated heterocycles. The summed E-state index contributed by atoms with van der Waals surface area (Å²) >= 11 is 0. The number of carbonyl (C=O) groups is 1. The van der Waals surface area contributed by atoms with E-state index in [-0.39, 0.29) is 6.42 Å². The number of carboxylic acid groups (broad SMARTS) is 1. The van der Waals surface area contributed by atoms with Crippen LogP contribution in [0.25, 0.3) is 0 Å². The van der Waals surface area contributed by atoms with Crippen LogP contribution < -0.4 is 0 Å². The van der Waals surface area contributed by atoms with Crippen LogP contribution in [0.3, 0.4) is 0 Å². The van der Waals surface area contributed by atoms with Crippen molar-refractivity contribution in [1.82, 2.24) is 0 Å². The Hall–Kier alpha value is -1.35. The van der Waals surface area contributed by atoms with Gasteiger partial charge in [0, 0.05) is 13.0 Å². The molecule has 0 spiro atoms. The van der Waals surface area contributed by atoms with Crippen molar-refractivity contribution in [2.75, 3.05) is 13.2 Å². The van der Waals surface area contributed by atoms with Crippen molar-refractivity contribution in [3.8, 4) is 0 Å². The molecule has 1 N–H and O–H groups in total. The molecule has 0 bridgehead atoms. The van der Waals surface area contributed by atoms with Crippen LogP contribution in [0.4, 0.5) is 0 Å². The third kappa shape index (κ3) is 7.31. The van der Waals surface area contributed by atoms with Crippen LogP contribution in [0.2, 0.25) is 0 Å². The molecule has 0 fully saturated rings. The number of hydrogen-bond acceptors (Lipinski definition) is 2. The number of ether oxygens (including phenoxy) is 1. The van der Waals surface area contributed by atoms with E-state index in [2.05, 4.69) is 13.2 Å². The Morgan fingerprint density at radius 1 is 1.43 bits per heavy atom. The van der Waals surface area contributed by atoms with Gasteiger partial charge in [-0.2, -0.15) is 0 Å². The maximum Gasteiger partial charge on any atom is 0.303 e. The second-order valence-corrected chi connectivity index (χ2v) is 2.73. The van der Waals surface area contributed by atoms with E-state index in [1.165, 1.54) is 0 Å². The van der Waals surface area contributed by atoms with Crippen molar-refractivity contribution in [1.29, 1.82) is 0 Å². The summed E-state index contributed by atoms with van der Waals surface area (Å²) in [6.07, 6.45) is 5.85. The second-order valence-electron chi connectivity index (χ2n) is 2.73. The van der Waals surface area contributed by atoms with Gasteiger partial charge in [0.15, 0.2) is 0 Å². The molecule has 0 unspecified atom stereocenters. The van der Waals surface area contributed by atoms with Crippen molar-refractivity contribution in [3.05, 3.63) is 37.0 Å². The van der Waals surface area contributed by atoms with Gasteiger partial charge < -0.3 is 9.84 Å². The van der Waals surface area contributed by atoms with Crippen molar-refractivity contribution in [2.24, 2.45) is 0 Å². The molecule has 0 amide bonds. The Morgan fingerprint density at radius 2 is 2.14 bits per heavy atom. The summed E-state index contributed by atoms with van der Waals surface area (Å²) < 4.78 is 5.24. The summed E-state index contributed by atoms with van der Waals surface area (Å²) in [6.45, 7) is 8.08. The van der Waals surface area contributed by atoms with E-state index in [9.17, 15) is 4.79 Å². The van der Waals surface area contributed by atoms with Crippen LogP contribution in [-0.2, 0) is 9.53 Å².